The molecule has 43 heavy (non-hydrogen) atoms. The molecule has 1 heterocycles. The largest absolute Gasteiger partial charge is 0.503 e. The van der Waals surface area contributed by atoms with Crippen molar-refractivity contribution in [2.75, 3.05) is 27.9 Å². The number of phenols is 1. The Hall–Kier alpha value is -4.24. The molecule has 9 heteroatoms. The molecule has 0 fully saturated rings. The van der Waals surface area contributed by atoms with Crippen LogP contribution in [0.3, 0.4) is 0 Å². The zero-order valence-electron chi connectivity index (χ0n) is 24.5. The van der Waals surface area contributed by atoms with E-state index >= 15 is 0 Å². The fraction of sp³-hybridized carbons (Fsp3) is 0.294. The first-order chi connectivity index (χ1) is 20.7. The molecule has 1 aliphatic carbocycles. The molecule has 2 atom stereocenters. The number of allylic oxidation sites excluding steroid dienone is 3. The minimum Gasteiger partial charge on any atom is -0.503 e. The van der Waals surface area contributed by atoms with Crippen LogP contribution in [0.5, 0.6) is 23.0 Å². The summed E-state index contributed by atoms with van der Waals surface area (Å²) in [7, 11) is 4.62. The number of rotatable bonds is 9. The summed E-state index contributed by atoms with van der Waals surface area (Å²) in [6.45, 7) is 2.01. The number of aromatic hydroxyl groups is 1. The summed E-state index contributed by atoms with van der Waals surface area (Å²) in [6.07, 6.45) is 1.37. The number of benzene rings is 3. The second kappa shape index (κ2) is 13.0. The molecule has 0 radical (unpaired) electrons. The maximum Gasteiger partial charge on any atom is 0.336 e. The smallest absolute Gasteiger partial charge is 0.336 e. The number of phenolic OH excluding ortho intramolecular Hbond substituents is 1. The lowest BCUT2D eigenvalue weighted by atomic mass is 9.71. The third-order valence-corrected chi connectivity index (χ3v) is 8.60. The van der Waals surface area contributed by atoms with Gasteiger partial charge in [0.15, 0.2) is 28.8 Å². The van der Waals surface area contributed by atoms with Crippen molar-refractivity contribution in [1.82, 2.24) is 5.32 Å². The molecule has 0 spiro atoms. The normalized spacial score (nSPS) is 18.1. The van der Waals surface area contributed by atoms with Gasteiger partial charge in [-0.25, -0.2) is 4.79 Å². The second-order valence-corrected chi connectivity index (χ2v) is 11.4. The van der Waals surface area contributed by atoms with Gasteiger partial charge >= 0.3 is 5.97 Å². The number of hydrogen-bond donors (Lipinski definition) is 2. The van der Waals surface area contributed by atoms with E-state index < -0.39 is 11.9 Å². The number of dihydropyridines is 1. The first-order valence-corrected chi connectivity index (χ1v) is 14.8. The zero-order valence-corrected chi connectivity index (χ0v) is 26.1. The Morgan fingerprint density at radius 1 is 0.930 bits per heavy atom. The molecule has 0 amide bonds. The number of nitrogens with one attached hydrogen (secondary N) is 1. The van der Waals surface area contributed by atoms with Crippen LogP contribution in [-0.4, -0.2) is 44.8 Å². The topological polar surface area (TPSA) is 103 Å². The molecule has 2 aliphatic rings. The molecule has 0 saturated carbocycles. The number of esters is 1. The Morgan fingerprint density at radius 3 is 2.33 bits per heavy atom. The average molecular weight is 649 g/mol. The molecular formula is C34H34BrNO7. The highest BCUT2D eigenvalue weighted by atomic mass is 79.9. The van der Waals surface area contributed by atoms with Crippen molar-refractivity contribution in [1.29, 1.82) is 0 Å². The van der Waals surface area contributed by atoms with Gasteiger partial charge in [-0.05, 0) is 76.1 Å². The van der Waals surface area contributed by atoms with Gasteiger partial charge in [0, 0.05) is 35.7 Å². The van der Waals surface area contributed by atoms with Crippen LogP contribution in [0.2, 0.25) is 0 Å². The Morgan fingerprint density at radius 2 is 1.63 bits per heavy atom. The number of ether oxygens (including phenoxy) is 4. The minimum absolute atomic E-state index is 0.0643. The van der Waals surface area contributed by atoms with E-state index in [9.17, 15) is 14.7 Å². The van der Waals surface area contributed by atoms with Crippen molar-refractivity contribution in [3.8, 4) is 23.0 Å². The Kier molecular flexibility index (Phi) is 9.11. The Bertz CT molecular complexity index is 1610. The molecule has 3 aromatic rings. The summed E-state index contributed by atoms with van der Waals surface area (Å²) in [6, 6.07) is 18.9. The van der Waals surface area contributed by atoms with E-state index in [-0.39, 0.29) is 36.2 Å². The summed E-state index contributed by atoms with van der Waals surface area (Å²) in [5.41, 5.74) is 4.86. The van der Waals surface area contributed by atoms with Crippen LogP contribution in [-0.2, 0) is 20.7 Å². The van der Waals surface area contributed by atoms with Gasteiger partial charge < -0.3 is 29.4 Å². The molecule has 5 rings (SSSR count). The molecule has 2 N–H and O–H groups in total. The quantitative estimate of drug-likeness (QED) is 0.260. The van der Waals surface area contributed by atoms with Gasteiger partial charge in [-0.3, -0.25) is 4.79 Å². The first kappa shape index (κ1) is 30.2. The SMILES string of the molecule is COc1ccc([C@@H]2CC(=O)C3=C(C2)NC(C)=C(C(=O)OCCc2ccccc2)[C@H]3c2cc(Br)c(O)c(OC)c2)cc1OC. The summed E-state index contributed by atoms with van der Waals surface area (Å²) in [5, 5.41) is 13.9. The molecule has 1 aliphatic heterocycles. The molecule has 8 nitrogen and oxygen atoms in total. The fourth-order valence-electron chi connectivity index (χ4n) is 5.89. The van der Waals surface area contributed by atoms with Crippen LogP contribution < -0.4 is 19.5 Å². The molecule has 224 valence electrons. The average Bonchev–Trinajstić information content (AvgIpc) is 3.01. The van der Waals surface area contributed by atoms with Gasteiger partial charge in [0.25, 0.3) is 0 Å². The van der Waals surface area contributed by atoms with Gasteiger partial charge in [-0.1, -0.05) is 36.4 Å². The van der Waals surface area contributed by atoms with Crippen molar-refractivity contribution in [3.63, 3.8) is 0 Å². The molecule has 0 bridgehead atoms. The Labute approximate surface area is 259 Å². The van der Waals surface area contributed by atoms with Crippen molar-refractivity contribution in [2.24, 2.45) is 0 Å². The third kappa shape index (κ3) is 6.13. The van der Waals surface area contributed by atoms with Crippen LogP contribution in [0.15, 0.2) is 87.7 Å². The number of carbonyl (C=O) groups is 2. The standard InChI is InChI=1S/C34H34BrNO7/c1-19-30(34(39)43-13-12-20-8-6-5-7-9-20)31(23-14-24(35)33(38)29(18-23)42-4)32-25(36-19)15-22(16-26(32)37)21-10-11-27(40-2)28(17-21)41-3/h5-11,14,17-18,22,31,36,38H,12-13,15-16H2,1-4H3/t22-,31+/m0/s1. The number of hydrogen-bond acceptors (Lipinski definition) is 8. The first-order valence-electron chi connectivity index (χ1n) is 14.0. The zero-order chi connectivity index (χ0) is 30.7. The van der Waals surface area contributed by atoms with Crippen LogP contribution in [0.4, 0.5) is 0 Å². The van der Waals surface area contributed by atoms with E-state index in [2.05, 4.69) is 21.2 Å². The maximum absolute atomic E-state index is 14.0. The highest BCUT2D eigenvalue weighted by Crippen LogP contribution is 2.48. The number of halogens is 1. The lowest BCUT2D eigenvalue weighted by Gasteiger charge is -2.37. The van der Waals surface area contributed by atoms with Crippen LogP contribution in [0, 0.1) is 0 Å². The van der Waals surface area contributed by atoms with E-state index in [1.807, 2.05) is 55.5 Å². The highest BCUT2D eigenvalue weighted by molar-refractivity contribution is 9.10. The highest BCUT2D eigenvalue weighted by Gasteiger charge is 2.42. The molecule has 0 unspecified atom stereocenters. The van der Waals surface area contributed by atoms with Crippen LogP contribution in [0.25, 0.3) is 0 Å². The van der Waals surface area contributed by atoms with Crippen LogP contribution in [0.1, 0.15) is 48.3 Å². The molecule has 3 aromatic carbocycles. The number of carbonyl (C=O) groups excluding carboxylic acids is 2. The lowest BCUT2D eigenvalue weighted by molar-refractivity contribution is -0.139. The van der Waals surface area contributed by atoms with Gasteiger partial charge in [0.2, 0.25) is 0 Å². The van der Waals surface area contributed by atoms with Gasteiger partial charge in [0.05, 0.1) is 38.0 Å². The fourth-order valence-corrected chi connectivity index (χ4v) is 6.35. The lowest BCUT2D eigenvalue weighted by Crippen LogP contribution is -2.36. The Balaban J connectivity index is 1.52. The number of Topliss-reactive ketones (excluding diaryl/α,β-unsaturated/α-hetero) is 1. The predicted octanol–water partition coefficient (Wildman–Crippen LogP) is 6.33. The predicted molar refractivity (Wildman–Crippen MR) is 166 cm³/mol. The monoisotopic (exact) mass is 647 g/mol. The number of ketones is 1. The second-order valence-electron chi connectivity index (χ2n) is 10.6. The summed E-state index contributed by atoms with van der Waals surface area (Å²) >= 11 is 3.41. The van der Waals surface area contributed by atoms with Gasteiger partial charge in [0.1, 0.15) is 0 Å². The molecular weight excluding hydrogens is 614 g/mol. The maximum atomic E-state index is 14.0. The van der Waals surface area contributed by atoms with Crippen LogP contribution >= 0.6 is 15.9 Å². The van der Waals surface area contributed by atoms with E-state index in [1.54, 1.807) is 26.4 Å². The van der Waals surface area contributed by atoms with Crippen molar-refractivity contribution < 1.29 is 33.6 Å². The van der Waals surface area contributed by atoms with Gasteiger partial charge in [-0.15, -0.1) is 0 Å². The third-order valence-electron chi connectivity index (χ3n) is 8.00. The van der Waals surface area contributed by atoms with Crippen molar-refractivity contribution in [3.05, 3.63) is 104 Å². The minimum atomic E-state index is -0.717. The molecule has 0 aromatic heterocycles. The van der Waals surface area contributed by atoms with E-state index in [1.165, 1.54) is 7.11 Å². The summed E-state index contributed by atoms with van der Waals surface area (Å²) in [4.78, 5) is 27.7. The van der Waals surface area contributed by atoms with E-state index in [0.717, 1.165) is 16.8 Å². The van der Waals surface area contributed by atoms with Crippen molar-refractivity contribution in [2.45, 2.75) is 38.0 Å². The molecule has 0 saturated heterocycles. The van der Waals surface area contributed by atoms with Gasteiger partial charge in [-0.2, -0.15) is 0 Å². The van der Waals surface area contributed by atoms with E-state index in [0.29, 0.717) is 51.2 Å². The summed E-state index contributed by atoms with van der Waals surface area (Å²) < 4.78 is 22.5. The summed E-state index contributed by atoms with van der Waals surface area (Å²) in [5.74, 6) is -0.0297. The van der Waals surface area contributed by atoms with Crippen molar-refractivity contribution >= 4 is 27.7 Å². The van der Waals surface area contributed by atoms with E-state index in [4.69, 9.17) is 18.9 Å². The number of methoxy groups -OCH3 is 3.